The van der Waals surface area contributed by atoms with Crippen molar-refractivity contribution in [3.63, 3.8) is 0 Å². The molecule has 32 heavy (non-hydrogen) atoms. The molecule has 0 saturated heterocycles. The van der Waals surface area contributed by atoms with Gasteiger partial charge in [-0.1, -0.05) is 45.8 Å². The summed E-state index contributed by atoms with van der Waals surface area (Å²) in [5, 5.41) is 6.75. The van der Waals surface area contributed by atoms with E-state index in [9.17, 15) is 4.79 Å². The summed E-state index contributed by atoms with van der Waals surface area (Å²) in [6.07, 6.45) is 1.53. The molecule has 0 saturated carbocycles. The van der Waals surface area contributed by atoms with Crippen LogP contribution in [-0.2, 0) is 6.61 Å². The number of aryl methyl sites for hydroxylation is 2. The minimum atomic E-state index is -0.438. The van der Waals surface area contributed by atoms with E-state index >= 15 is 0 Å². The number of hydrogen-bond donors (Lipinski definition) is 2. The topological polar surface area (TPSA) is 72.0 Å². The number of amides is 2. The summed E-state index contributed by atoms with van der Waals surface area (Å²) in [7, 11) is 1.58. The Bertz CT molecular complexity index is 1130. The third-order valence-electron chi connectivity index (χ3n) is 4.55. The Morgan fingerprint density at radius 3 is 2.47 bits per heavy atom. The molecule has 2 N–H and O–H groups in total. The minimum absolute atomic E-state index is 0.417. The van der Waals surface area contributed by atoms with E-state index in [0.29, 0.717) is 23.8 Å². The molecule has 0 aromatic heterocycles. The number of nitrogens with one attached hydrogen (secondary N) is 2. The predicted molar refractivity (Wildman–Crippen MR) is 135 cm³/mol. The van der Waals surface area contributed by atoms with Gasteiger partial charge < -0.3 is 14.8 Å². The average Bonchev–Trinajstić information content (AvgIpc) is 2.76. The lowest BCUT2D eigenvalue weighted by molar-refractivity contribution is 0.252. The van der Waals surface area contributed by atoms with Gasteiger partial charge in [0.05, 0.1) is 17.8 Å². The van der Waals surface area contributed by atoms with Crippen LogP contribution in [0.3, 0.4) is 0 Å². The van der Waals surface area contributed by atoms with Crippen LogP contribution < -0.4 is 20.2 Å². The fourth-order valence-corrected chi connectivity index (χ4v) is 3.66. The molecule has 0 spiro atoms. The third kappa shape index (κ3) is 6.58. The van der Waals surface area contributed by atoms with Crippen LogP contribution >= 0.6 is 31.9 Å². The van der Waals surface area contributed by atoms with Gasteiger partial charge in [-0.05, 0) is 76.8 Å². The van der Waals surface area contributed by atoms with Gasteiger partial charge in [0.15, 0.2) is 11.5 Å². The van der Waals surface area contributed by atoms with Crippen molar-refractivity contribution < 1.29 is 14.3 Å². The monoisotopic (exact) mass is 559 g/mol. The van der Waals surface area contributed by atoms with Gasteiger partial charge in [0, 0.05) is 10.2 Å². The van der Waals surface area contributed by atoms with Crippen molar-refractivity contribution in [2.75, 3.05) is 12.4 Å². The second kappa shape index (κ2) is 11.2. The van der Waals surface area contributed by atoms with Gasteiger partial charge in [0.25, 0.3) is 0 Å². The van der Waals surface area contributed by atoms with Crippen molar-refractivity contribution >= 4 is 49.8 Å². The quantitative estimate of drug-likeness (QED) is 0.253. The number of hydrogen-bond acceptors (Lipinski definition) is 4. The number of carbonyl (C=O) groups is 1. The minimum Gasteiger partial charge on any atom is -0.493 e. The normalized spacial score (nSPS) is 10.8. The molecule has 0 aliphatic carbocycles. The summed E-state index contributed by atoms with van der Waals surface area (Å²) in [5.74, 6) is 1.16. The lowest BCUT2D eigenvalue weighted by Gasteiger charge is -2.13. The van der Waals surface area contributed by atoms with Gasteiger partial charge in [0.1, 0.15) is 6.61 Å². The Labute approximate surface area is 204 Å². The van der Waals surface area contributed by atoms with Crippen LogP contribution in [0.25, 0.3) is 0 Å². The number of methoxy groups -OCH3 is 1. The maximum Gasteiger partial charge on any atom is 0.339 e. The number of nitrogens with zero attached hydrogens (tertiary/aromatic N) is 1. The highest BCUT2D eigenvalue weighted by Crippen LogP contribution is 2.36. The van der Waals surface area contributed by atoms with E-state index in [1.807, 2.05) is 56.3 Å². The Hall–Kier alpha value is -2.84. The zero-order valence-corrected chi connectivity index (χ0v) is 21.1. The summed E-state index contributed by atoms with van der Waals surface area (Å²) >= 11 is 6.97. The molecule has 166 valence electrons. The van der Waals surface area contributed by atoms with Crippen LogP contribution in [-0.4, -0.2) is 19.4 Å². The van der Waals surface area contributed by atoms with Crippen molar-refractivity contribution in [1.29, 1.82) is 0 Å². The summed E-state index contributed by atoms with van der Waals surface area (Å²) in [6, 6.07) is 16.9. The first-order valence-electron chi connectivity index (χ1n) is 9.78. The fourth-order valence-electron chi connectivity index (χ4n) is 2.84. The van der Waals surface area contributed by atoms with Gasteiger partial charge >= 0.3 is 6.03 Å². The van der Waals surface area contributed by atoms with Gasteiger partial charge in [0.2, 0.25) is 0 Å². The molecule has 3 aromatic carbocycles. The van der Waals surface area contributed by atoms with Crippen LogP contribution in [0.2, 0.25) is 0 Å². The summed E-state index contributed by atoms with van der Waals surface area (Å²) in [4.78, 5) is 12.1. The van der Waals surface area contributed by atoms with E-state index < -0.39 is 6.03 Å². The van der Waals surface area contributed by atoms with Crippen molar-refractivity contribution in [1.82, 2.24) is 5.43 Å². The first-order chi connectivity index (χ1) is 15.4. The zero-order valence-electron chi connectivity index (χ0n) is 17.9. The number of benzene rings is 3. The number of anilines is 1. The van der Waals surface area contributed by atoms with Gasteiger partial charge in [-0.25, -0.2) is 10.2 Å². The van der Waals surface area contributed by atoms with Crippen LogP contribution in [0.1, 0.15) is 22.3 Å². The third-order valence-corrected chi connectivity index (χ3v) is 6.03. The molecule has 0 unspecified atom stereocenters. The number of rotatable bonds is 7. The van der Waals surface area contributed by atoms with Gasteiger partial charge in [-0.2, -0.15) is 5.10 Å². The van der Waals surface area contributed by atoms with Crippen molar-refractivity contribution in [2.45, 2.75) is 20.5 Å². The molecular weight excluding hydrogens is 538 g/mol. The standard InChI is InChI=1S/C24H23Br2N3O3/c1-15-4-6-17(7-5-15)14-32-23-21(26)11-18(12-22(23)31-3)13-27-29-24(30)28-19-8-9-20(25)16(2)10-19/h4-13H,14H2,1-3H3,(H2,28,29,30)/b27-13+. The Morgan fingerprint density at radius 1 is 1.03 bits per heavy atom. The predicted octanol–water partition coefficient (Wildman–Crippen LogP) is 6.57. The molecule has 0 atom stereocenters. The molecule has 3 rings (SSSR count). The Balaban J connectivity index is 1.62. The lowest BCUT2D eigenvalue weighted by Crippen LogP contribution is -2.24. The van der Waals surface area contributed by atoms with E-state index in [2.05, 4.69) is 47.7 Å². The van der Waals surface area contributed by atoms with Gasteiger partial charge in [-0.15, -0.1) is 0 Å². The van der Waals surface area contributed by atoms with Crippen molar-refractivity contribution in [3.05, 3.63) is 85.8 Å². The van der Waals surface area contributed by atoms with E-state index in [-0.39, 0.29) is 0 Å². The number of ether oxygens (including phenoxy) is 2. The summed E-state index contributed by atoms with van der Waals surface area (Å²) < 4.78 is 13.2. The van der Waals surface area contributed by atoms with E-state index in [1.54, 1.807) is 19.2 Å². The maximum atomic E-state index is 12.1. The van der Waals surface area contributed by atoms with Crippen LogP contribution in [0.4, 0.5) is 10.5 Å². The number of carbonyl (C=O) groups excluding carboxylic acids is 1. The van der Waals surface area contributed by atoms with Crippen LogP contribution in [0, 0.1) is 13.8 Å². The first-order valence-corrected chi connectivity index (χ1v) is 11.4. The molecule has 6 nitrogen and oxygen atoms in total. The van der Waals surface area contributed by atoms with Crippen molar-refractivity contribution in [3.8, 4) is 11.5 Å². The molecule has 0 bridgehead atoms. The Kier molecular flexibility index (Phi) is 8.30. The maximum absolute atomic E-state index is 12.1. The smallest absolute Gasteiger partial charge is 0.339 e. The molecule has 0 aliphatic rings. The first kappa shape index (κ1) is 23.8. The largest absolute Gasteiger partial charge is 0.493 e. The zero-order chi connectivity index (χ0) is 23.1. The number of halogens is 2. The molecular formula is C24H23Br2N3O3. The number of hydrazone groups is 1. The molecule has 0 fully saturated rings. The van der Waals surface area contributed by atoms with Gasteiger partial charge in [-0.3, -0.25) is 0 Å². The SMILES string of the molecule is COc1cc(/C=N/NC(=O)Nc2ccc(Br)c(C)c2)cc(Br)c1OCc1ccc(C)cc1. The van der Waals surface area contributed by atoms with Crippen LogP contribution in [0.15, 0.2) is 68.6 Å². The van der Waals surface area contributed by atoms with Crippen molar-refractivity contribution in [2.24, 2.45) is 5.10 Å². The highest BCUT2D eigenvalue weighted by molar-refractivity contribution is 9.10. The molecule has 8 heteroatoms. The molecule has 0 heterocycles. The second-order valence-corrected chi connectivity index (χ2v) is 8.81. The van der Waals surface area contributed by atoms with E-state index in [0.717, 1.165) is 25.6 Å². The summed E-state index contributed by atoms with van der Waals surface area (Å²) in [6.45, 7) is 4.41. The number of urea groups is 1. The Morgan fingerprint density at radius 2 is 1.78 bits per heavy atom. The average molecular weight is 561 g/mol. The van der Waals surface area contributed by atoms with Crippen LogP contribution in [0.5, 0.6) is 11.5 Å². The highest BCUT2D eigenvalue weighted by atomic mass is 79.9. The molecule has 3 aromatic rings. The molecule has 0 aliphatic heterocycles. The van der Waals surface area contributed by atoms with E-state index in [1.165, 1.54) is 11.8 Å². The highest BCUT2D eigenvalue weighted by Gasteiger charge is 2.12. The lowest BCUT2D eigenvalue weighted by atomic mass is 10.2. The fraction of sp³-hybridized carbons (Fsp3) is 0.167. The molecule has 0 radical (unpaired) electrons. The molecule has 2 amide bonds. The second-order valence-electron chi connectivity index (χ2n) is 7.10. The van der Waals surface area contributed by atoms with E-state index in [4.69, 9.17) is 9.47 Å². The summed E-state index contributed by atoms with van der Waals surface area (Å²) in [5.41, 5.74) is 7.15.